The molecule has 2 rings (SSSR count). The fourth-order valence-electron chi connectivity index (χ4n) is 1.84. The highest BCUT2D eigenvalue weighted by Crippen LogP contribution is 2.24. The maximum absolute atomic E-state index is 12.0. The zero-order valence-corrected chi connectivity index (χ0v) is 13.6. The summed E-state index contributed by atoms with van der Waals surface area (Å²) in [4.78, 5) is 12.0. The number of para-hydroxylation sites is 2. The van der Waals surface area contributed by atoms with Crippen LogP contribution in [0, 0.1) is 0 Å². The first-order chi connectivity index (χ1) is 10.5. The molecule has 1 aromatic carbocycles. The number of benzene rings is 1. The number of anilines is 1. The largest absolute Gasteiger partial charge is 0.495 e. The summed E-state index contributed by atoms with van der Waals surface area (Å²) in [5.74, 6) is 7.41. The molecule has 0 saturated heterocycles. The molecule has 8 heteroatoms. The van der Waals surface area contributed by atoms with Crippen molar-refractivity contribution in [3.8, 4) is 5.75 Å². The van der Waals surface area contributed by atoms with Gasteiger partial charge in [-0.15, -0.1) is 10.2 Å². The van der Waals surface area contributed by atoms with E-state index in [9.17, 15) is 4.79 Å². The molecule has 0 aliphatic carbocycles. The van der Waals surface area contributed by atoms with Crippen molar-refractivity contribution in [3.63, 3.8) is 0 Å². The number of ether oxygens (including phenoxy) is 1. The third-order valence-electron chi connectivity index (χ3n) is 2.92. The molecule has 0 unspecified atom stereocenters. The summed E-state index contributed by atoms with van der Waals surface area (Å²) >= 11 is 1.24. The number of rotatable bonds is 6. The standard InChI is InChI=1S/C14H19N5O2S/c1-9(2)13-17-18-14(19(13)15)22-8-12(20)16-10-6-4-5-7-11(10)21-3/h4-7,9H,8,15H2,1-3H3,(H,16,20). The van der Waals surface area contributed by atoms with Crippen LogP contribution >= 0.6 is 11.8 Å². The van der Waals surface area contributed by atoms with Crippen molar-refractivity contribution in [2.24, 2.45) is 0 Å². The first-order valence-electron chi connectivity index (χ1n) is 6.79. The second kappa shape index (κ2) is 7.17. The summed E-state index contributed by atoms with van der Waals surface area (Å²) in [6.45, 7) is 3.96. The number of carbonyl (C=O) groups is 1. The van der Waals surface area contributed by atoms with E-state index in [-0.39, 0.29) is 17.6 Å². The summed E-state index contributed by atoms with van der Waals surface area (Å²) in [5.41, 5.74) is 0.632. The van der Waals surface area contributed by atoms with E-state index in [0.29, 0.717) is 22.4 Å². The second-order valence-electron chi connectivity index (χ2n) is 4.90. The average molecular weight is 321 g/mol. The van der Waals surface area contributed by atoms with Crippen molar-refractivity contribution in [2.45, 2.75) is 24.9 Å². The number of nitrogens with two attached hydrogens (primary N) is 1. The first kappa shape index (κ1) is 16.2. The van der Waals surface area contributed by atoms with Gasteiger partial charge in [0.05, 0.1) is 18.6 Å². The summed E-state index contributed by atoms with van der Waals surface area (Å²) in [6.07, 6.45) is 0. The van der Waals surface area contributed by atoms with Crippen molar-refractivity contribution in [1.82, 2.24) is 14.9 Å². The highest BCUT2D eigenvalue weighted by Gasteiger charge is 2.15. The highest BCUT2D eigenvalue weighted by atomic mass is 32.2. The Balaban J connectivity index is 1.96. The van der Waals surface area contributed by atoms with Gasteiger partial charge >= 0.3 is 0 Å². The van der Waals surface area contributed by atoms with Crippen molar-refractivity contribution in [3.05, 3.63) is 30.1 Å². The van der Waals surface area contributed by atoms with E-state index in [1.807, 2.05) is 26.0 Å². The van der Waals surface area contributed by atoms with E-state index in [1.165, 1.54) is 16.4 Å². The third kappa shape index (κ3) is 3.70. The third-order valence-corrected chi connectivity index (χ3v) is 3.86. The zero-order chi connectivity index (χ0) is 16.1. The summed E-state index contributed by atoms with van der Waals surface area (Å²) in [5, 5.41) is 11.3. The SMILES string of the molecule is COc1ccccc1NC(=O)CSc1nnc(C(C)C)n1N. The molecule has 0 aliphatic rings. The van der Waals surface area contributed by atoms with Gasteiger partial charge < -0.3 is 15.9 Å². The van der Waals surface area contributed by atoms with Crippen LogP contribution in [0.3, 0.4) is 0 Å². The van der Waals surface area contributed by atoms with Crippen LogP contribution in [0.4, 0.5) is 5.69 Å². The number of nitrogens with one attached hydrogen (secondary N) is 1. The average Bonchev–Trinajstić information content (AvgIpc) is 2.87. The topological polar surface area (TPSA) is 95.1 Å². The molecule has 22 heavy (non-hydrogen) atoms. The Labute approximate surface area is 133 Å². The number of hydrogen-bond acceptors (Lipinski definition) is 6. The number of nitrogen functional groups attached to an aromatic ring is 1. The Morgan fingerprint density at radius 2 is 2.14 bits per heavy atom. The van der Waals surface area contributed by atoms with Gasteiger partial charge in [0.15, 0.2) is 5.82 Å². The van der Waals surface area contributed by atoms with Crippen molar-refractivity contribution < 1.29 is 9.53 Å². The van der Waals surface area contributed by atoms with Crippen LogP contribution in [0.25, 0.3) is 0 Å². The molecular weight excluding hydrogens is 302 g/mol. The molecule has 0 aliphatic heterocycles. The number of amides is 1. The minimum atomic E-state index is -0.163. The van der Waals surface area contributed by atoms with Gasteiger partial charge in [-0.25, -0.2) is 4.68 Å². The normalized spacial score (nSPS) is 10.7. The molecule has 3 N–H and O–H groups in total. The van der Waals surface area contributed by atoms with E-state index in [2.05, 4.69) is 15.5 Å². The van der Waals surface area contributed by atoms with E-state index in [1.54, 1.807) is 19.2 Å². The maximum Gasteiger partial charge on any atom is 0.234 e. The first-order valence-corrected chi connectivity index (χ1v) is 7.77. The zero-order valence-electron chi connectivity index (χ0n) is 12.7. The van der Waals surface area contributed by atoms with Gasteiger partial charge in [-0.3, -0.25) is 4.79 Å². The fraction of sp³-hybridized carbons (Fsp3) is 0.357. The lowest BCUT2D eigenvalue weighted by Crippen LogP contribution is -2.18. The van der Waals surface area contributed by atoms with Crippen molar-refractivity contribution in [2.75, 3.05) is 24.0 Å². The van der Waals surface area contributed by atoms with Crippen LogP contribution in [-0.4, -0.2) is 33.6 Å². The molecule has 1 aromatic heterocycles. The fourth-order valence-corrected chi connectivity index (χ4v) is 2.51. The lowest BCUT2D eigenvalue weighted by Gasteiger charge is -2.09. The molecular formula is C14H19N5O2S. The number of nitrogens with zero attached hydrogens (tertiary/aromatic N) is 3. The summed E-state index contributed by atoms with van der Waals surface area (Å²) in [7, 11) is 1.56. The van der Waals surface area contributed by atoms with Crippen molar-refractivity contribution in [1.29, 1.82) is 0 Å². The molecule has 0 spiro atoms. The maximum atomic E-state index is 12.0. The van der Waals surface area contributed by atoms with E-state index in [4.69, 9.17) is 10.6 Å². The smallest absolute Gasteiger partial charge is 0.234 e. The van der Waals surface area contributed by atoms with E-state index >= 15 is 0 Å². The molecule has 118 valence electrons. The van der Waals surface area contributed by atoms with Gasteiger partial charge in [0, 0.05) is 5.92 Å². The van der Waals surface area contributed by atoms with Crippen molar-refractivity contribution >= 4 is 23.4 Å². The Morgan fingerprint density at radius 3 is 2.77 bits per heavy atom. The monoisotopic (exact) mass is 321 g/mol. The van der Waals surface area contributed by atoms with Crippen LogP contribution < -0.4 is 15.9 Å². The lowest BCUT2D eigenvalue weighted by molar-refractivity contribution is -0.113. The minimum Gasteiger partial charge on any atom is -0.495 e. The molecule has 7 nitrogen and oxygen atoms in total. The molecule has 0 bridgehead atoms. The van der Waals surface area contributed by atoms with Gasteiger partial charge in [-0.1, -0.05) is 37.7 Å². The number of carbonyl (C=O) groups excluding carboxylic acids is 1. The minimum absolute atomic E-state index is 0.163. The van der Waals surface area contributed by atoms with E-state index < -0.39 is 0 Å². The Morgan fingerprint density at radius 1 is 1.41 bits per heavy atom. The molecule has 0 saturated carbocycles. The highest BCUT2D eigenvalue weighted by molar-refractivity contribution is 7.99. The number of aromatic nitrogens is 3. The van der Waals surface area contributed by atoms with Gasteiger partial charge in [0.2, 0.25) is 11.1 Å². The Kier molecular flexibility index (Phi) is 5.26. The quantitative estimate of drug-likeness (QED) is 0.623. The lowest BCUT2D eigenvalue weighted by atomic mass is 10.2. The molecule has 0 fully saturated rings. The van der Waals surface area contributed by atoms with E-state index in [0.717, 1.165) is 0 Å². The Hall–Kier alpha value is -2.22. The number of thioether (sulfide) groups is 1. The molecule has 1 amide bonds. The molecule has 2 aromatic rings. The van der Waals surface area contributed by atoms with Crippen LogP contribution in [0.2, 0.25) is 0 Å². The second-order valence-corrected chi connectivity index (χ2v) is 5.85. The summed E-state index contributed by atoms with van der Waals surface area (Å²) < 4.78 is 6.61. The molecule has 1 heterocycles. The summed E-state index contributed by atoms with van der Waals surface area (Å²) in [6, 6.07) is 7.24. The molecule has 0 atom stereocenters. The van der Waals surface area contributed by atoms with Gasteiger partial charge in [-0.05, 0) is 12.1 Å². The van der Waals surface area contributed by atoms with Gasteiger partial charge in [0.1, 0.15) is 5.75 Å². The molecule has 0 radical (unpaired) electrons. The predicted molar refractivity (Wildman–Crippen MR) is 86.6 cm³/mol. The Bertz CT molecular complexity index is 656. The number of hydrogen-bond donors (Lipinski definition) is 2. The van der Waals surface area contributed by atoms with Gasteiger partial charge in [-0.2, -0.15) is 0 Å². The predicted octanol–water partition coefficient (Wildman–Crippen LogP) is 1.85. The number of methoxy groups -OCH3 is 1. The van der Waals surface area contributed by atoms with Gasteiger partial charge in [0.25, 0.3) is 0 Å². The van der Waals surface area contributed by atoms with Crippen LogP contribution in [0.5, 0.6) is 5.75 Å². The van der Waals surface area contributed by atoms with Crippen LogP contribution in [0.1, 0.15) is 25.6 Å². The van der Waals surface area contributed by atoms with Crippen LogP contribution in [0.15, 0.2) is 29.4 Å². The van der Waals surface area contributed by atoms with Crippen LogP contribution in [-0.2, 0) is 4.79 Å².